The Morgan fingerprint density at radius 3 is 2.47 bits per heavy atom. The fourth-order valence-corrected chi connectivity index (χ4v) is 3.25. The zero-order valence-electron chi connectivity index (χ0n) is 17.0. The van der Waals surface area contributed by atoms with E-state index < -0.39 is 0 Å². The van der Waals surface area contributed by atoms with Crippen LogP contribution in [0.25, 0.3) is 0 Å². The summed E-state index contributed by atoms with van der Waals surface area (Å²) in [5.74, 6) is -0.432. The topological polar surface area (TPSA) is 86.4 Å². The van der Waals surface area contributed by atoms with Gasteiger partial charge in [-0.25, -0.2) is 0 Å². The van der Waals surface area contributed by atoms with E-state index in [4.69, 9.17) is 0 Å². The van der Waals surface area contributed by atoms with Crippen molar-refractivity contribution < 1.29 is 9.59 Å². The predicted molar refractivity (Wildman–Crippen MR) is 124 cm³/mol. The van der Waals surface area contributed by atoms with Gasteiger partial charge in [0, 0.05) is 50.7 Å². The Hall–Kier alpha value is -2.19. The fourth-order valence-electron chi connectivity index (χ4n) is 3.25. The third-order valence-electron chi connectivity index (χ3n) is 4.84. The zero-order valence-corrected chi connectivity index (χ0v) is 18.7. The van der Waals surface area contributed by atoms with Gasteiger partial charge in [0.25, 0.3) is 11.8 Å². The van der Waals surface area contributed by atoms with Crippen LogP contribution in [0.1, 0.15) is 32.7 Å². The Bertz CT molecular complexity index is 814. The summed E-state index contributed by atoms with van der Waals surface area (Å²) < 4.78 is 0. The number of para-hydroxylation sites is 1. The molecule has 1 aliphatic rings. The molecule has 3 N–H and O–H groups in total. The third kappa shape index (κ3) is 7.25. The monoisotopic (exact) mass is 453 g/mol. The van der Waals surface area contributed by atoms with Gasteiger partial charge < -0.3 is 20.9 Å². The molecule has 30 heavy (non-hydrogen) atoms. The predicted octanol–water partition coefficient (Wildman–Crippen LogP) is 2.51. The van der Waals surface area contributed by atoms with E-state index in [1.54, 1.807) is 30.6 Å². The van der Waals surface area contributed by atoms with Crippen molar-refractivity contribution in [2.45, 2.75) is 13.3 Å². The Balaban J connectivity index is 0.00000225. The van der Waals surface area contributed by atoms with Crippen LogP contribution in [0.4, 0.5) is 5.69 Å². The minimum absolute atomic E-state index is 0. The number of hydrogen-bond donors (Lipinski definition) is 3. The molecule has 0 unspecified atom stereocenters. The molecule has 1 saturated heterocycles. The molecule has 9 heteroatoms. The Morgan fingerprint density at radius 2 is 1.77 bits per heavy atom. The number of rotatable bonds is 7. The normalized spacial score (nSPS) is 13.5. The van der Waals surface area contributed by atoms with Gasteiger partial charge in [-0.2, -0.15) is 0 Å². The van der Waals surface area contributed by atoms with Crippen molar-refractivity contribution in [3.05, 3.63) is 59.4 Å². The lowest BCUT2D eigenvalue weighted by molar-refractivity contribution is 0.0952. The number of halogens is 2. The maximum absolute atomic E-state index is 12.7. The average molecular weight is 454 g/mol. The average Bonchev–Trinajstić information content (AvgIpc) is 2.74. The van der Waals surface area contributed by atoms with Crippen molar-refractivity contribution in [2.75, 3.05) is 44.6 Å². The molecular formula is C21H29Cl2N5O2. The number of hydrogen-bond acceptors (Lipinski definition) is 5. The Morgan fingerprint density at radius 1 is 1.07 bits per heavy atom. The molecule has 0 saturated carbocycles. The van der Waals surface area contributed by atoms with Gasteiger partial charge in [0.05, 0.1) is 11.3 Å². The molecule has 2 aromatic rings. The Kier molecular flexibility index (Phi) is 11.4. The molecule has 3 rings (SSSR count). The van der Waals surface area contributed by atoms with E-state index in [-0.39, 0.29) is 36.6 Å². The van der Waals surface area contributed by atoms with Gasteiger partial charge in [-0.1, -0.05) is 12.1 Å². The molecule has 1 aromatic heterocycles. The highest BCUT2D eigenvalue weighted by molar-refractivity contribution is 6.09. The lowest BCUT2D eigenvalue weighted by atomic mass is 10.1. The van der Waals surface area contributed by atoms with Gasteiger partial charge in [0.15, 0.2) is 0 Å². The molecule has 164 valence electrons. The summed E-state index contributed by atoms with van der Waals surface area (Å²) in [5, 5.41) is 9.19. The molecule has 0 bridgehead atoms. The largest absolute Gasteiger partial charge is 0.352 e. The summed E-state index contributed by atoms with van der Waals surface area (Å²) in [6.45, 7) is 7.61. The smallest absolute Gasteiger partial charge is 0.255 e. The highest BCUT2D eigenvalue weighted by Crippen LogP contribution is 2.21. The van der Waals surface area contributed by atoms with Crippen LogP contribution in [-0.4, -0.2) is 61.0 Å². The molecule has 1 fully saturated rings. The van der Waals surface area contributed by atoms with Crippen LogP contribution in [0.2, 0.25) is 0 Å². The van der Waals surface area contributed by atoms with Gasteiger partial charge in [-0.15, -0.1) is 24.8 Å². The van der Waals surface area contributed by atoms with E-state index in [0.717, 1.165) is 44.7 Å². The molecule has 1 aromatic carbocycles. The summed E-state index contributed by atoms with van der Waals surface area (Å²) in [6, 6.07) is 8.73. The van der Waals surface area contributed by atoms with Crippen molar-refractivity contribution in [1.82, 2.24) is 20.5 Å². The number of nitrogens with zero attached hydrogens (tertiary/aromatic N) is 2. The number of carbonyl (C=O) groups is 2. The standard InChI is InChI=1S/C21H27N5O2.2ClH/c1-16-4-2-5-18(19(16)25-20(27)17-6-9-22-10-7-17)21(28)24-8-3-13-26-14-11-23-12-15-26;;/h2,4-7,9-10,23H,3,8,11-15H2,1H3,(H,24,28)(H,25,27);2*1H. The van der Waals surface area contributed by atoms with E-state index in [9.17, 15) is 9.59 Å². The number of anilines is 1. The molecular weight excluding hydrogens is 425 g/mol. The third-order valence-corrected chi connectivity index (χ3v) is 4.84. The molecule has 2 heterocycles. The molecule has 7 nitrogen and oxygen atoms in total. The number of pyridine rings is 1. The quantitative estimate of drug-likeness (QED) is 0.560. The van der Waals surface area contributed by atoms with Crippen molar-refractivity contribution in [3.8, 4) is 0 Å². The molecule has 2 amide bonds. The number of carbonyl (C=O) groups excluding carboxylic acids is 2. The molecule has 0 aliphatic carbocycles. The van der Waals surface area contributed by atoms with E-state index in [1.165, 1.54) is 0 Å². The first-order valence-corrected chi connectivity index (χ1v) is 9.67. The van der Waals surface area contributed by atoms with Gasteiger partial charge in [-0.3, -0.25) is 14.6 Å². The minimum atomic E-state index is -0.260. The number of amides is 2. The highest BCUT2D eigenvalue weighted by atomic mass is 35.5. The van der Waals surface area contributed by atoms with Gasteiger partial charge in [0.1, 0.15) is 0 Å². The second kappa shape index (κ2) is 13.2. The van der Waals surface area contributed by atoms with Crippen LogP contribution in [0.5, 0.6) is 0 Å². The first-order chi connectivity index (χ1) is 13.6. The number of aryl methyl sites for hydroxylation is 1. The second-order valence-electron chi connectivity index (χ2n) is 6.89. The highest BCUT2D eigenvalue weighted by Gasteiger charge is 2.16. The molecule has 1 aliphatic heterocycles. The summed E-state index contributed by atoms with van der Waals surface area (Å²) in [4.78, 5) is 31.5. The van der Waals surface area contributed by atoms with Gasteiger partial charge in [0.2, 0.25) is 0 Å². The number of piperazine rings is 1. The van der Waals surface area contributed by atoms with Crippen LogP contribution in [0.3, 0.4) is 0 Å². The summed E-state index contributed by atoms with van der Waals surface area (Å²) >= 11 is 0. The summed E-state index contributed by atoms with van der Waals surface area (Å²) in [6.07, 6.45) is 4.04. The fraction of sp³-hybridized carbons (Fsp3) is 0.381. The van der Waals surface area contributed by atoms with Crippen molar-refractivity contribution >= 4 is 42.3 Å². The summed E-state index contributed by atoms with van der Waals surface area (Å²) in [5.41, 5.74) is 2.37. The molecule has 0 spiro atoms. The maximum atomic E-state index is 12.7. The van der Waals surface area contributed by atoms with Gasteiger partial charge >= 0.3 is 0 Å². The Labute approximate surface area is 189 Å². The van der Waals surface area contributed by atoms with E-state index in [2.05, 4.69) is 25.8 Å². The lowest BCUT2D eigenvalue weighted by Crippen LogP contribution is -2.44. The molecule has 0 atom stereocenters. The van der Waals surface area contributed by atoms with Crippen LogP contribution in [0.15, 0.2) is 42.7 Å². The SMILES string of the molecule is Cc1cccc(C(=O)NCCCN2CCNCC2)c1NC(=O)c1ccncc1.Cl.Cl. The van der Waals surface area contributed by atoms with Crippen molar-refractivity contribution in [1.29, 1.82) is 0 Å². The zero-order chi connectivity index (χ0) is 19.8. The number of nitrogens with one attached hydrogen (secondary N) is 3. The van der Waals surface area contributed by atoms with Crippen molar-refractivity contribution in [2.24, 2.45) is 0 Å². The first kappa shape index (κ1) is 25.8. The first-order valence-electron chi connectivity index (χ1n) is 9.67. The maximum Gasteiger partial charge on any atom is 0.255 e. The van der Waals surface area contributed by atoms with E-state index in [1.807, 2.05) is 19.1 Å². The number of benzene rings is 1. The minimum Gasteiger partial charge on any atom is -0.352 e. The number of aromatic nitrogens is 1. The van der Waals surface area contributed by atoms with Crippen LogP contribution >= 0.6 is 24.8 Å². The van der Waals surface area contributed by atoms with Crippen LogP contribution < -0.4 is 16.0 Å². The molecule has 0 radical (unpaired) electrons. The van der Waals surface area contributed by atoms with E-state index >= 15 is 0 Å². The lowest BCUT2D eigenvalue weighted by Gasteiger charge is -2.27. The van der Waals surface area contributed by atoms with Crippen LogP contribution in [-0.2, 0) is 0 Å². The van der Waals surface area contributed by atoms with E-state index in [0.29, 0.717) is 23.4 Å². The van der Waals surface area contributed by atoms with Gasteiger partial charge in [-0.05, 0) is 43.7 Å². The summed E-state index contributed by atoms with van der Waals surface area (Å²) in [7, 11) is 0. The second-order valence-corrected chi connectivity index (χ2v) is 6.89. The van der Waals surface area contributed by atoms with Crippen molar-refractivity contribution in [3.63, 3.8) is 0 Å². The van der Waals surface area contributed by atoms with Crippen LogP contribution in [0, 0.1) is 6.92 Å².